The SMILES string of the molecule is CCOc1cc(C(CS(C)(=O)=O)N2C(=O)c3csc(NC(=O)C(C)C(F)(F)F)c3C2=O)ccc1OC. The molecular weight excluding hydrogens is 525 g/mol. The van der Waals surface area contributed by atoms with Crippen LogP contribution in [0, 0.1) is 5.92 Å². The molecule has 1 N–H and O–H groups in total. The minimum atomic E-state index is -4.80. The summed E-state index contributed by atoms with van der Waals surface area (Å²) in [5.74, 6) is -5.53. The molecule has 2 unspecified atom stereocenters. The van der Waals surface area contributed by atoms with E-state index in [1.807, 2.05) is 0 Å². The summed E-state index contributed by atoms with van der Waals surface area (Å²) < 4.78 is 74.0. The number of benzene rings is 1. The van der Waals surface area contributed by atoms with Crippen LogP contribution in [-0.4, -0.2) is 62.9 Å². The summed E-state index contributed by atoms with van der Waals surface area (Å²) in [6.07, 6.45) is -3.86. The number of alkyl halides is 3. The number of hydrogen-bond donors (Lipinski definition) is 1. The van der Waals surface area contributed by atoms with Crippen molar-refractivity contribution in [1.29, 1.82) is 0 Å². The number of nitrogens with one attached hydrogen (secondary N) is 1. The molecule has 36 heavy (non-hydrogen) atoms. The van der Waals surface area contributed by atoms with Crippen molar-refractivity contribution in [3.63, 3.8) is 0 Å². The fraction of sp³-hybridized carbons (Fsp3) is 0.409. The lowest BCUT2D eigenvalue weighted by atomic mass is 10.1. The van der Waals surface area contributed by atoms with Gasteiger partial charge in [-0.15, -0.1) is 11.3 Å². The average Bonchev–Trinajstić information content (AvgIpc) is 3.30. The first-order valence-corrected chi connectivity index (χ1v) is 13.5. The van der Waals surface area contributed by atoms with Crippen molar-refractivity contribution in [3.8, 4) is 11.5 Å². The van der Waals surface area contributed by atoms with E-state index in [0.717, 1.165) is 22.5 Å². The molecule has 0 fully saturated rings. The fourth-order valence-corrected chi connectivity index (χ4v) is 5.43. The molecule has 0 aliphatic carbocycles. The molecule has 196 valence electrons. The van der Waals surface area contributed by atoms with Crippen LogP contribution in [0.15, 0.2) is 23.6 Å². The molecule has 0 radical (unpaired) electrons. The van der Waals surface area contributed by atoms with Gasteiger partial charge in [0, 0.05) is 11.6 Å². The zero-order chi connectivity index (χ0) is 27.0. The Bertz CT molecular complexity index is 1310. The summed E-state index contributed by atoms with van der Waals surface area (Å²) in [6.45, 7) is 2.65. The largest absolute Gasteiger partial charge is 0.493 e. The molecule has 14 heteroatoms. The van der Waals surface area contributed by atoms with Gasteiger partial charge in [0.2, 0.25) is 5.91 Å². The molecule has 2 heterocycles. The number of halogens is 3. The first-order chi connectivity index (χ1) is 16.7. The molecule has 0 saturated heterocycles. The van der Waals surface area contributed by atoms with Crippen molar-refractivity contribution in [2.45, 2.75) is 26.1 Å². The second kappa shape index (κ2) is 10.1. The molecule has 1 aromatic carbocycles. The highest BCUT2D eigenvalue weighted by molar-refractivity contribution is 7.90. The molecule has 0 saturated carbocycles. The first kappa shape index (κ1) is 27.5. The molecule has 1 aliphatic heterocycles. The van der Waals surface area contributed by atoms with Crippen LogP contribution in [0.4, 0.5) is 18.2 Å². The second-order valence-corrected chi connectivity index (χ2v) is 11.1. The van der Waals surface area contributed by atoms with E-state index in [0.29, 0.717) is 12.7 Å². The molecule has 0 spiro atoms. The van der Waals surface area contributed by atoms with Gasteiger partial charge >= 0.3 is 6.18 Å². The number of nitrogens with zero attached hydrogens (tertiary/aromatic N) is 1. The van der Waals surface area contributed by atoms with Gasteiger partial charge in [-0.25, -0.2) is 8.42 Å². The standard InChI is InChI=1S/C22H23F3N2O7S2/c1-5-34-16-8-12(6-7-15(16)33-3)14(10-36(4,31)32)27-20(29)13-9-35-19(17(13)21(27)30)26-18(28)11(2)22(23,24)25/h6-9,11,14H,5,10H2,1-4H3,(H,26,28). The Kier molecular flexibility index (Phi) is 7.69. The predicted octanol–water partition coefficient (Wildman–Crippen LogP) is 3.67. The van der Waals surface area contributed by atoms with E-state index in [1.165, 1.54) is 30.7 Å². The van der Waals surface area contributed by atoms with Gasteiger partial charge < -0.3 is 14.8 Å². The molecular formula is C22H23F3N2O7S2. The van der Waals surface area contributed by atoms with Gasteiger partial charge in [0.15, 0.2) is 11.5 Å². The summed E-state index contributed by atoms with van der Waals surface area (Å²) in [7, 11) is -2.33. The number of hydrogen-bond acceptors (Lipinski definition) is 8. The van der Waals surface area contributed by atoms with Crippen LogP contribution in [0.25, 0.3) is 0 Å². The number of ether oxygens (including phenoxy) is 2. The zero-order valence-electron chi connectivity index (χ0n) is 19.6. The summed E-state index contributed by atoms with van der Waals surface area (Å²) in [6, 6.07) is 3.16. The molecule has 2 aromatic rings. The lowest BCUT2D eigenvalue weighted by Gasteiger charge is -2.27. The maximum absolute atomic E-state index is 13.4. The van der Waals surface area contributed by atoms with Crippen molar-refractivity contribution in [2.75, 3.05) is 31.0 Å². The third-order valence-corrected chi connectivity index (χ3v) is 7.26. The smallest absolute Gasteiger partial charge is 0.400 e. The van der Waals surface area contributed by atoms with E-state index in [-0.39, 0.29) is 34.0 Å². The Morgan fingerprint density at radius 2 is 1.86 bits per heavy atom. The maximum atomic E-state index is 13.4. The van der Waals surface area contributed by atoms with Gasteiger partial charge in [-0.05, 0) is 31.5 Å². The van der Waals surface area contributed by atoms with Gasteiger partial charge in [0.25, 0.3) is 11.8 Å². The number of thiophene rings is 1. The van der Waals surface area contributed by atoms with E-state index in [4.69, 9.17) is 9.47 Å². The molecule has 1 aliphatic rings. The van der Waals surface area contributed by atoms with Gasteiger partial charge in [0.1, 0.15) is 20.8 Å². The van der Waals surface area contributed by atoms with Crippen LogP contribution in [0.1, 0.15) is 46.2 Å². The average molecular weight is 549 g/mol. The highest BCUT2D eigenvalue weighted by atomic mass is 32.2. The maximum Gasteiger partial charge on any atom is 0.400 e. The monoisotopic (exact) mass is 548 g/mol. The molecule has 1 aromatic heterocycles. The first-order valence-electron chi connectivity index (χ1n) is 10.5. The number of methoxy groups -OCH3 is 1. The van der Waals surface area contributed by atoms with Gasteiger partial charge in [-0.3, -0.25) is 19.3 Å². The summed E-state index contributed by atoms with van der Waals surface area (Å²) >= 11 is 0.730. The van der Waals surface area contributed by atoms with E-state index < -0.39 is 51.4 Å². The number of amides is 3. The number of carbonyl (C=O) groups is 3. The van der Waals surface area contributed by atoms with Crippen LogP contribution in [0.3, 0.4) is 0 Å². The molecule has 9 nitrogen and oxygen atoms in total. The van der Waals surface area contributed by atoms with Crippen LogP contribution < -0.4 is 14.8 Å². The third-order valence-electron chi connectivity index (χ3n) is 5.44. The highest BCUT2D eigenvalue weighted by Gasteiger charge is 2.46. The number of sulfone groups is 1. The van der Waals surface area contributed by atoms with Crippen LogP contribution >= 0.6 is 11.3 Å². The van der Waals surface area contributed by atoms with E-state index in [1.54, 1.807) is 6.92 Å². The van der Waals surface area contributed by atoms with Gasteiger partial charge in [-0.2, -0.15) is 13.2 Å². The van der Waals surface area contributed by atoms with Crippen LogP contribution in [0.2, 0.25) is 0 Å². The molecule has 0 bridgehead atoms. The van der Waals surface area contributed by atoms with E-state index in [9.17, 15) is 36.0 Å². The number of imide groups is 1. The van der Waals surface area contributed by atoms with Gasteiger partial charge in [-0.1, -0.05) is 6.07 Å². The van der Waals surface area contributed by atoms with Crippen molar-refractivity contribution < 1.29 is 45.4 Å². The normalized spacial score (nSPS) is 15.5. The number of fused-ring (bicyclic) bond motifs is 1. The molecule has 3 amide bonds. The Morgan fingerprint density at radius 3 is 2.42 bits per heavy atom. The fourth-order valence-electron chi connectivity index (χ4n) is 3.59. The van der Waals surface area contributed by atoms with Crippen molar-refractivity contribution in [1.82, 2.24) is 4.90 Å². The number of carbonyl (C=O) groups excluding carboxylic acids is 3. The Labute approximate surface area is 209 Å². The van der Waals surface area contributed by atoms with Crippen molar-refractivity contribution >= 4 is 43.9 Å². The highest BCUT2D eigenvalue weighted by Crippen LogP contribution is 2.41. The zero-order valence-corrected chi connectivity index (χ0v) is 21.3. The van der Waals surface area contributed by atoms with E-state index in [2.05, 4.69) is 5.32 Å². The van der Waals surface area contributed by atoms with Crippen LogP contribution in [0.5, 0.6) is 11.5 Å². The third kappa shape index (κ3) is 5.48. The Morgan fingerprint density at radius 1 is 1.19 bits per heavy atom. The Hall–Kier alpha value is -3.13. The molecule has 2 atom stereocenters. The summed E-state index contributed by atoms with van der Waals surface area (Å²) in [4.78, 5) is 39.4. The quantitative estimate of drug-likeness (QED) is 0.475. The van der Waals surface area contributed by atoms with E-state index >= 15 is 0 Å². The lowest BCUT2D eigenvalue weighted by Crippen LogP contribution is -2.38. The minimum absolute atomic E-state index is 0.142. The number of rotatable bonds is 9. The summed E-state index contributed by atoms with van der Waals surface area (Å²) in [5.41, 5.74) is -0.168. The lowest BCUT2D eigenvalue weighted by molar-refractivity contribution is -0.175. The van der Waals surface area contributed by atoms with Crippen molar-refractivity contribution in [2.24, 2.45) is 5.92 Å². The predicted molar refractivity (Wildman–Crippen MR) is 125 cm³/mol. The second-order valence-electron chi connectivity index (χ2n) is 8.04. The summed E-state index contributed by atoms with van der Waals surface area (Å²) in [5, 5.41) is 3.08. The minimum Gasteiger partial charge on any atom is -0.493 e. The molecule has 3 rings (SSSR count). The number of anilines is 1. The van der Waals surface area contributed by atoms with Crippen LogP contribution in [-0.2, 0) is 14.6 Å². The van der Waals surface area contributed by atoms with Crippen molar-refractivity contribution in [3.05, 3.63) is 40.3 Å². The van der Waals surface area contributed by atoms with Gasteiger partial charge in [0.05, 0.1) is 36.6 Å². The Balaban J connectivity index is 2.03. The topological polar surface area (TPSA) is 119 Å².